The highest BCUT2D eigenvalue weighted by molar-refractivity contribution is 5.96. The van der Waals surface area contributed by atoms with E-state index in [-0.39, 0.29) is 23.4 Å². The van der Waals surface area contributed by atoms with E-state index < -0.39 is 17.3 Å². The number of likely N-dealkylation sites (N-methyl/N-ethyl adjacent to an activating group) is 1. The van der Waals surface area contributed by atoms with Gasteiger partial charge < -0.3 is 9.64 Å². The van der Waals surface area contributed by atoms with E-state index in [9.17, 15) is 14.4 Å². The second-order valence-electron chi connectivity index (χ2n) is 7.28. The number of esters is 1. The van der Waals surface area contributed by atoms with Crippen LogP contribution in [0.3, 0.4) is 0 Å². The molecule has 4 rings (SSSR count). The number of aromatic nitrogens is 2. The van der Waals surface area contributed by atoms with E-state index in [1.807, 2.05) is 60.7 Å². The average Bonchev–Trinajstić information content (AvgIpc) is 2.74. The van der Waals surface area contributed by atoms with Gasteiger partial charge in [0.1, 0.15) is 0 Å². The minimum Gasteiger partial charge on any atom is -0.420 e. The highest BCUT2D eigenvalue weighted by Crippen LogP contribution is 2.38. The van der Waals surface area contributed by atoms with Gasteiger partial charge in [-0.2, -0.15) is 5.10 Å². The summed E-state index contributed by atoms with van der Waals surface area (Å²) in [6, 6.07) is 19.6. The zero-order valence-electron chi connectivity index (χ0n) is 16.7. The zero-order chi connectivity index (χ0) is 21.3. The van der Waals surface area contributed by atoms with Crippen molar-refractivity contribution in [3.05, 3.63) is 93.9 Å². The van der Waals surface area contributed by atoms with Gasteiger partial charge in [-0.15, -0.1) is 0 Å². The first kappa shape index (κ1) is 19.6. The largest absolute Gasteiger partial charge is 0.420 e. The molecule has 0 unspecified atom stereocenters. The second kappa shape index (κ2) is 7.94. The lowest BCUT2D eigenvalue weighted by molar-refractivity contribution is -0.132. The van der Waals surface area contributed by atoms with Crippen LogP contribution < -0.4 is 10.2 Å². The van der Waals surface area contributed by atoms with Crippen molar-refractivity contribution in [1.82, 2.24) is 14.7 Å². The molecule has 1 aliphatic heterocycles. The Bertz CT molecular complexity index is 1100. The molecule has 3 aromatic rings. The normalized spacial score (nSPS) is 15.8. The number of nitrogens with zero attached hydrogens (tertiary/aromatic N) is 3. The fourth-order valence-corrected chi connectivity index (χ4v) is 3.97. The fourth-order valence-electron chi connectivity index (χ4n) is 3.97. The first-order valence-corrected chi connectivity index (χ1v) is 9.63. The summed E-state index contributed by atoms with van der Waals surface area (Å²) in [6.07, 6.45) is 1.10. The zero-order valence-corrected chi connectivity index (χ0v) is 16.7. The molecular formula is C23H21N3O4. The van der Waals surface area contributed by atoms with E-state index in [0.29, 0.717) is 6.54 Å². The lowest BCUT2D eigenvalue weighted by atomic mass is 9.84. The number of ether oxygens (including phenoxy) is 1. The summed E-state index contributed by atoms with van der Waals surface area (Å²) in [5.74, 6) is -1.49. The van der Waals surface area contributed by atoms with Crippen molar-refractivity contribution in [2.24, 2.45) is 0 Å². The van der Waals surface area contributed by atoms with Gasteiger partial charge in [-0.1, -0.05) is 60.7 Å². The quantitative estimate of drug-likeness (QED) is 0.626. The van der Waals surface area contributed by atoms with E-state index in [0.717, 1.165) is 17.3 Å². The van der Waals surface area contributed by atoms with E-state index in [1.165, 1.54) is 16.5 Å². The molecule has 7 nitrogen and oxygen atoms in total. The Hall–Kier alpha value is -3.74. The van der Waals surface area contributed by atoms with Crippen LogP contribution in [0.15, 0.2) is 71.7 Å². The molecule has 2 aromatic carbocycles. The van der Waals surface area contributed by atoms with Crippen LogP contribution in [0, 0.1) is 0 Å². The molecule has 0 N–H and O–H groups in total. The molecule has 152 valence electrons. The predicted octanol–water partition coefficient (Wildman–Crippen LogP) is 2.63. The van der Waals surface area contributed by atoms with E-state index in [1.54, 1.807) is 7.05 Å². The summed E-state index contributed by atoms with van der Waals surface area (Å²) in [5.41, 5.74) is 1.50. The van der Waals surface area contributed by atoms with E-state index in [2.05, 4.69) is 5.10 Å². The van der Waals surface area contributed by atoms with Crippen LogP contribution in [0.4, 0.5) is 0 Å². The van der Waals surface area contributed by atoms with Gasteiger partial charge in [-0.25, -0.2) is 0 Å². The van der Waals surface area contributed by atoms with Crippen LogP contribution in [0.2, 0.25) is 0 Å². The maximum Gasteiger partial charge on any atom is 0.308 e. The molecule has 0 bridgehead atoms. The molecule has 0 fully saturated rings. The molecule has 30 heavy (non-hydrogen) atoms. The van der Waals surface area contributed by atoms with Gasteiger partial charge in [-0.05, 0) is 11.1 Å². The van der Waals surface area contributed by atoms with Gasteiger partial charge in [0.05, 0.1) is 12.2 Å². The SMILES string of the molecule is CC(=O)Oc1c2n(ncc1=O)[C@@H](C(c1ccccc1)c1ccccc1)CN(C)C2=O. The molecule has 2 heterocycles. The number of carbonyl (C=O) groups excluding carboxylic acids is 2. The van der Waals surface area contributed by atoms with Crippen LogP contribution in [0.5, 0.6) is 5.75 Å². The average molecular weight is 403 g/mol. The van der Waals surface area contributed by atoms with Crippen molar-refractivity contribution in [3.63, 3.8) is 0 Å². The molecule has 1 amide bonds. The number of hydrogen-bond donors (Lipinski definition) is 0. The Labute approximate surface area is 173 Å². The third-order valence-corrected chi connectivity index (χ3v) is 5.24. The molecule has 1 aromatic heterocycles. The molecule has 7 heteroatoms. The van der Waals surface area contributed by atoms with Crippen molar-refractivity contribution in [3.8, 4) is 5.75 Å². The molecular weight excluding hydrogens is 382 g/mol. The van der Waals surface area contributed by atoms with Crippen LogP contribution in [0.25, 0.3) is 0 Å². The van der Waals surface area contributed by atoms with Crippen LogP contribution in [-0.4, -0.2) is 40.1 Å². The highest BCUT2D eigenvalue weighted by Gasteiger charge is 2.39. The summed E-state index contributed by atoms with van der Waals surface area (Å²) in [4.78, 5) is 38.4. The Morgan fingerprint density at radius 2 is 1.60 bits per heavy atom. The fraction of sp³-hybridized carbons (Fsp3) is 0.217. The summed E-state index contributed by atoms with van der Waals surface area (Å²) >= 11 is 0. The molecule has 0 aliphatic carbocycles. The molecule has 1 atom stereocenters. The monoisotopic (exact) mass is 403 g/mol. The molecule has 0 radical (unpaired) electrons. The standard InChI is InChI=1S/C23H21N3O4/c1-15(27)30-22-19(28)13-24-26-18(14-25(2)23(29)21(22)26)20(16-9-5-3-6-10-16)17-11-7-4-8-12-17/h3-13,18,20H,14H2,1-2H3/t18-/m1/s1. The third-order valence-electron chi connectivity index (χ3n) is 5.24. The molecule has 0 saturated heterocycles. The molecule has 0 spiro atoms. The van der Waals surface area contributed by atoms with E-state index >= 15 is 0 Å². The smallest absolute Gasteiger partial charge is 0.308 e. The number of carbonyl (C=O) groups is 2. The Morgan fingerprint density at radius 1 is 1.03 bits per heavy atom. The summed E-state index contributed by atoms with van der Waals surface area (Å²) in [7, 11) is 1.67. The summed E-state index contributed by atoms with van der Waals surface area (Å²) in [5, 5.41) is 4.29. The van der Waals surface area contributed by atoms with Gasteiger partial charge in [0.25, 0.3) is 5.91 Å². The van der Waals surface area contributed by atoms with Crippen molar-refractivity contribution in [1.29, 1.82) is 0 Å². The highest BCUT2D eigenvalue weighted by atomic mass is 16.5. The first-order chi connectivity index (χ1) is 14.5. The number of benzene rings is 2. The van der Waals surface area contributed by atoms with E-state index in [4.69, 9.17) is 4.74 Å². The topological polar surface area (TPSA) is 81.5 Å². The number of rotatable bonds is 4. The lowest BCUT2D eigenvalue weighted by Gasteiger charge is -2.38. The Balaban J connectivity index is 1.94. The maximum absolute atomic E-state index is 12.9. The maximum atomic E-state index is 12.9. The third kappa shape index (κ3) is 3.50. The van der Waals surface area contributed by atoms with Gasteiger partial charge in [0.15, 0.2) is 5.69 Å². The summed E-state index contributed by atoms with van der Waals surface area (Å²) in [6.45, 7) is 1.58. The minimum absolute atomic E-state index is 0.00619. The summed E-state index contributed by atoms with van der Waals surface area (Å²) < 4.78 is 6.68. The number of amides is 1. The molecule has 1 aliphatic rings. The van der Waals surface area contributed by atoms with Gasteiger partial charge >= 0.3 is 5.97 Å². The van der Waals surface area contributed by atoms with Crippen LogP contribution >= 0.6 is 0 Å². The second-order valence-corrected chi connectivity index (χ2v) is 7.28. The first-order valence-electron chi connectivity index (χ1n) is 9.63. The number of hydrogen-bond acceptors (Lipinski definition) is 5. The number of fused-ring (bicyclic) bond motifs is 1. The Morgan fingerprint density at radius 3 is 2.13 bits per heavy atom. The Kier molecular flexibility index (Phi) is 5.18. The van der Waals surface area contributed by atoms with Crippen LogP contribution in [-0.2, 0) is 4.79 Å². The predicted molar refractivity (Wildman–Crippen MR) is 111 cm³/mol. The van der Waals surface area contributed by atoms with Gasteiger partial charge in [0, 0.05) is 26.4 Å². The van der Waals surface area contributed by atoms with Crippen molar-refractivity contribution in [2.45, 2.75) is 18.9 Å². The van der Waals surface area contributed by atoms with Gasteiger partial charge in [0.2, 0.25) is 11.2 Å². The minimum atomic E-state index is -0.665. The lowest BCUT2D eigenvalue weighted by Crippen LogP contribution is -2.45. The van der Waals surface area contributed by atoms with Crippen molar-refractivity contribution in [2.75, 3.05) is 13.6 Å². The van der Waals surface area contributed by atoms with Crippen molar-refractivity contribution >= 4 is 11.9 Å². The van der Waals surface area contributed by atoms with Crippen molar-refractivity contribution < 1.29 is 14.3 Å². The van der Waals surface area contributed by atoms with Crippen LogP contribution in [0.1, 0.15) is 40.5 Å². The van der Waals surface area contributed by atoms with Gasteiger partial charge in [-0.3, -0.25) is 19.1 Å². The molecule has 0 saturated carbocycles.